The molecule has 6 rings (SSSR count). The maximum Gasteiger partial charge on any atom is 0.255 e. The van der Waals surface area contributed by atoms with Gasteiger partial charge in [0.1, 0.15) is 28.7 Å². The summed E-state index contributed by atoms with van der Waals surface area (Å²) in [5.74, 6) is 1.10. The molecule has 1 N–H and O–H groups in total. The molecule has 2 heterocycles. The average molecular weight is 565 g/mol. The van der Waals surface area contributed by atoms with Gasteiger partial charge in [0.15, 0.2) is 0 Å². The van der Waals surface area contributed by atoms with Gasteiger partial charge in [-0.05, 0) is 78.9 Å². The predicted molar refractivity (Wildman–Crippen MR) is 150 cm³/mol. The number of hydrogen-bond acceptors (Lipinski definition) is 6. The molecule has 40 heavy (non-hydrogen) atoms. The fourth-order valence-electron chi connectivity index (χ4n) is 4.99. The first kappa shape index (κ1) is 26.3. The van der Waals surface area contributed by atoms with Crippen LogP contribution in [0.5, 0.6) is 11.5 Å². The van der Waals surface area contributed by atoms with Crippen molar-refractivity contribution in [2.24, 2.45) is 5.92 Å². The Morgan fingerprint density at radius 2 is 1.70 bits per heavy atom. The topological polar surface area (TPSA) is 98.1 Å². The van der Waals surface area contributed by atoms with Crippen molar-refractivity contribution in [3.05, 3.63) is 77.6 Å². The summed E-state index contributed by atoms with van der Waals surface area (Å²) in [5.41, 5.74) is 2.96. The van der Waals surface area contributed by atoms with E-state index in [9.17, 15) is 17.6 Å². The smallest absolute Gasteiger partial charge is 0.255 e. The standard InChI is InChI=1S/C30H29FN2O6S/c1-32-30(34)28-25-13-24(19-3-4-19)26(33(40(2,35)36)15-18-16-37-17-18)14-27(25)39-29(28)20-5-9-22(10-6-20)38-23-11-7-21(31)8-12-23/h5-14,18-19H,3-4,15-17H2,1-2H3,(H,32,34). The van der Waals surface area contributed by atoms with E-state index in [2.05, 4.69) is 5.32 Å². The van der Waals surface area contributed by atoms with Crippen molar-refractivity contribution in [3.8, 4) is 22.8 Å². The molecule has 3 aromatic carbocycles. The van der Waals surface area contributed by atoms with Crippen LogP contribution in [-0.2, 0) is 14.8 Å². The fourth-order valence-corrected chi connectivity index (χ4v) is 5.99. The Morgan fingerprint density at radius 1 is 1.05 bits per heavy atom. The molecule has 1 aromatic heterocycles. The Hall–Kier alpha value is -3.89. The minimum Gasteiger partial charge on any atom is -0.457 e. The summed E-state index contributed by atoms with van der Waals surface area (Å²) in [6.45, 7) is 1.38. The molecule has 1 aliphatic carbocycles. The maximum atomic E-state index is 13.2. The number of nitrogens with one attached hydrogen (secondary N) is 1. The van der Waals surface area contributed by atoms with Gasteiger partial charge < -0.3 is 19.2 Å². The number of fused-ring (bicyclic) bond motifs is 1. The molecule has 0 unspecified atom stereocenters. The summed E-state index contributed by atoms with van der Waals surface area (Å²) in [6, 6.07) is 16.5. The Bertz CT molecular complexity index is 1670. The SMILES string of the molecule is CNC(=O)c1c(-c2ccc(Oc3ccc(F)cc3)cc2)oc2cc(N(CC3COC3)S(C)(=O)=O)c(C3CC3)cc12. The van der Waals surface area contributed by atoms with Crippen LogP contribution < -0.4 is 14.4 Å². The van der Waals surface area contributed by atoms with Crippen LogP contribution in [0.3, 0.4) is 0 Å². The van der Waals surface area contributed by atoms with Crippen LogP contribution in [0.15, 0.2) is 65.1 Å². The van der Waals surface area contributed by atoms with Gasteiger partial charge in [-0.3, -0.25) is 9.10 Å². The lowest BCUT2D eigenvalue weighted by Crippen LogP contribution is -2.42. The summed E-state index contributed by atoms with van der Waals surface area (Å²) in [4.78, 5) is 13.1. The number of amides is 1. The third-order valence-electron chi connectivity index (χ3n) is 7.27. The molecule has 8 nitrogen and oxygen atoms in total. The number of halogens is 1. The predicted octanol–water partition coefficient (Wildman–Crippen LogP) is 5.68. The first-order valence-electron chi connectivity index (χ1n) is 13.1. The average Bonchev–Trinajstić information content (AvgIpc) is 3.68. The summed E-state index contributed by atoms with van der Waals surface area (Å²) >= 11 is 0. The zero-order chi connectivity index (χ0) is 28.0. The first-order valence-corrected chi connectivity index (χ1v) is 15.0. The zero-order valence-electron chi connectivity index (χ0n) is 22.1. The lowest BCUT2D eigenvalue weighted by molar-refractivity contribution is -0.0262. The number of ether oxygens (including phenoxy) is 2. The van der Waals surface area contributed by atoms with Gasteiger partial charge in [-0.15, -0.1) is 0 Å². The molecule has 2 fully saturated rings. The Morgan fingerprint density at radius 3 is 2.25 bits per heavy atom. The number of benzene rings is 3. The number of sulfonamides is 1. The molecule has 1 saturated heterocycles. The van der Waals surface area contributed by atoms with E-state index in [1.54, 1.807) is 49.5 Å². The minimum atomic E-state index is -3.57. The van der Waals surface area contributed by atoms with Crippen molar-refractivity contribution in [2.75, 3.05) is 37.4 Å². The van der Waals surface area contributed by atoms with Gasteiger partial charge in [0.05, 0.1) is 30.7 Å². The van der Waals surface area contributed by atoms with E-state index >= 15 is 0 Å². The number of rotatable bonds is 9. The third-order valence-corrected chi connectivity index (χ3v) is 8.42. The van der Waals surface area contributed by atoms with Gasteiger partial charge in [0.25, 0.3) is 5.91 Å². The highest BCUT2D eigenvalue weighted by atomic mass is 32.2. The number of hydrogen-bond donors (Lipinski definition) is 1. The van der Waals surface area contributed by atoms with Gasteiger partial charge in [-0.1, -0.05) is 0 Å². The second kappa shape index (κ2) is 10.3. The molecule has 0 spiro atoms. The quantitative estimate of drug-likeness (QED) is 0.281. The maximum absolute atomic E-state index is 13.2. The molecule has 2 aliphatic rings. The van der Waals surface area contributed by atoms with Gasteiger partial charge in [-0.2, -0.15) is 0 Å². The highest BCUT2D eigenvalue weighted by Crippen LogP contribution is 2.48. The molecule has 4 aromatic rings. The van der Waals surface area contributed by atoms with Gasteiger partial charge in [-0.25, -0.2) is 12.8 Å². The third kappa shape index (κ3) is 5.16. The summed E-state index contributed by atoms with van der Waals surface area (Å²) < 4.78 is 57.9. The van der Waals surface area contributed by atoms with Crippen molar-refractivity contribution in [1.82, 2.24) is 5.32 Å². The van der Waals surface area contributed by atoms with Crippen LogP contribution in [-0.4, -0.2) is 47.4 Å². The van der Waals surface area contributed by atoms with Crippen LogP contribution >= 0.6 is 0 Å². The second-order valence-electron chi connectivity index (χ2n) is 10.3. The summed E-state index contributed by atoms with van der Waals surface area (Å²) in [6.07, 6.45) is 3.13. The Labute approximate surface area is 231 Å². The van der Waals surface area contributed by atoms with E-state index in [0.717, 1.165) is 18.4 Å². The highest BCUT2D eigenvalue weighted by Gasteiger charge is 2.35. The zero-order valence-corrected chi connectivity index (χ0v) is 23.0. The molecule has 1 aliphatic heterocycles. The van der Waals surface area contributed by atoms with Crippen LogP contribution in [0, 0.1) is 11.7 Å². The van der Waals surface area contributed by atoms with Crippen LogP contribution in [0.2, 0.25) is 0 Å². The molecular weight excluding hydrogens is 535 g/mol. The van der Waals surface area contributed by atoms with Crippen molar-refractivity contribution < 1.29 is 31.5 Å². The summed E-state index contributed by atoms with van der Waals surface area (Å²) in [7, 11) is -2.01. The minimum absolute atomic E-state index is 0.127. The van der Waals surface area contributed by atoms with Crippen molar-refractivity contribution in [3.63, 3.8) is 0 Å². The summed E-state index contributed by atoms with van der Waals surface area (Å²) in [5, 5.41) is 3.34. The van der Waals surface area contributed by atoms with Crippen LogP contribution in [0.4, 0.5) is 10.1 Å². The lowest BCUT2D eigenvalue weighted by Gasteiger charge is -2.33. The van der Waals surface area contributed by atoms with E-state index < -0.39 is 10.0 Å². The van der Waals surface area contributed by atoms with Crippen molar-refractivity contribution in [2.45, 2.75) is 18.8 Å². The highest BCUT2D eigenvalue weighted by molar-refractivity contribution is 7.92. The van der Waals surface area contributed by atoms with Gasteiger partial charge in [0, 0.05) is 36.5 Å². The van der Waals surface area contributed by atoms with Gasteiger partial charge in [0.2, 0.25) is 10.0 Å². The van der Waals surface area contributed by atoms with Crippen molar-refractivity contribution >= 4 is 32.6 Å². The molecule has 208 valence electrons. The molecule has 0 bridgehead atoms. The second-order valence-corrected chi connectivity index (χ2v) is 12.3. The number of carbonyl (C=O) groups excluding carboxylic acids is 1. The number of anilines is 1. The Balaban J connectivity index is 1.43. The van der Waals surface area contributed by atoms with E-state index in [1.807, 2.05) is 6.07 Å². The largest absolute Gasteiger partial charge is 0.457 e. The van der Waals surface area contributed by atoms with E-state index in [1.165, 1.54) is 22.7 Å². The van der Waals surface area contributed by atoms with E-state index in [4.69, 9.17) is 13.9 Å². The first-order chi connectivity index (χ1) is 19.2. The van der Waals surface area contributed by atoms with Crippen molar-refractivity contribution in [1.29, 1.82) is 0 Å². The number of furan rings is 1. The van der Waals surface area contributed by atoms with Gasteiger partial charge >= 0.3 is 0 Å². The van der Waals surface area contributed by atoms with E-state index in [-0.39, 0.29) is 23.6 Å². The number of carbonyl (C=O) groups is 1. The monoisotopic (exact) mass is 564 g/mol. The van der Waals surface area contributed by atoms with Crippen LogP contribution in [0.1, 0.15) is 34.7 Å². The molecule has 0 atom stereocenters. The number of nitrogens with zero attached hydrogens (tertiary/aromatic N) is 1. The van der Waals surface area contributed by atoms with Crippen LogP contribution in [0.25, 0.3) is 22.3 Å². The molecular formula is C30H29FN2O6S. The Kier molecular flexibility index (Phi) is 6.75. The normalized spacial score (nSPS) is 15.6. The molecule has 1 saturated carbocycles. The lowest BCUT2D eigenvalue weighted by atomic mass is 10.00. The molecule has 0 radical (unpaired) electrons. The molecule has 1 amide bonds. The fraction of sp³-hybridized carbons (Fsp3) is 0.300. The molecule has 10 heteroatoms. The van der Waals surface area contributed by atoms with E-state index in [0.29, 0.717) is 64.8 Å².